The number of nitrogens with one attached hydrogen (secondary N) is 1. The summed E-state index contributed by atoms with van der Waals surface area (Å²) in [6.07, 6.45) is 0. The molecule has 1 unspecified atom stereocenters. The first-order valence-electron chi connectivity index (χ1n) is 4.83. The van der Waals surface area contributed by atoms with E-state index in [4.69, 9.17) is 9.84 Å². The summed E-state index contributed by atoms with van der Waals surface area (Å²) in [6.45, 7) is 7.22. The van der Waals surface area contributed by atoms with Gasteiger partial charge in [-0.1, -0.05) is 20.8 Å². The fraction of sp³-hybridized carbons (Fsp3) is 0.900. The number of rotatable bonds is 3. The first-order chi connectivity index (χ1) is 6.35. The van der Waals surface area contributed by atoms with Crippen molar-refractivity contribution in [3.8, 4) is 0 Å². The molecule has 14 heavy (non-hydrogen) atoms. The van der Waals surface area contributed by atoms with Crippen molar-refractivity contribution in [2.24, 2.45) is 10.8 Å². The highest BCUT2D eigenvalue weighted by molar-refractivity contribution is 5.75. The molecule has 0 amide bonds. The van der Waals surface area contributed by atoms with Gasteiger partial charge in [-0.25, -0.2) is 0 Å². The SMILES string of the molecule is CNC(C(=O)O)C1(C(C)(C)C)COC1. The molecule has 2 N–H and O–H groups in total. The summed E-state index contributed by atoms with van der Waals surface area (Å²) in [5, 5.41) is 12.0. The second kappa shape index (κ2) is 3.51. The zero-order valence-corrected chi connectivity index (χ0v) is 9.26. The van der Waals surface area contributed by atoms with Crippen LogP contribution >= 0.6 is 0 Å². The largest absolute Gasteiger partial charge is 0.480 e. The maximum atomic E-state index is 11.1. The molecule has 0 spiro atoms. The summed E-state index contributed by atoms with van der Waals surface area (Å²) >= 11 is 0. The van der Waals surface area contributed by atoms with E-state index in [1.54, 1.807) is 7.05 Å². The van der Waals surface area contributed by atoms with E-state index >= 15 is 0 Å². The predicted octanol–water partition coefficient (Wildman–Crippen LogP) is 0.722. The van der Waals surface area contributed by atoms with Crippen LogP contribution in [-0.4, -0.2) is 37.4 Å². The van der Waals surface area contributed by atoms with E-state index in [9.17, 15) is 4.79 Å². The summed E-state index contributed by atoms with van der Waals surface area (Å²) < 4.78 is 5.19. The van der Waals surface area contributed by atoms with Gasteiger partial charge in [0.15, 0.2) is 0 Å². The molecule has 1 heterocycles. The zero-order chi connectivity index (χ0) is 11.0. The van der Waals surface area contributed by atoms with Gasteiger partial charge in [-0.3, -0.25) is 4.79 Å². The Morgan fingerprint density at radius 1 is 1.50 bits per heavy atom. The lowest BCUT2D eigenvalue weighted by Crippen LogP contribution is -2.65. The quantitative estimate of drug-likeness (QED) is 0.706. The molecule has 4 nitrogen and oxygen atoms in total. The molecule has 0 bridgehead atoms. The fourth-order valence-electron chi connectivity index (χ4n) is 1.99. The second-order valence-corrected chi connectivity index (χ2v) is 4.96. The molecule has 0 aromatic heterocycles. The average Bonchev–Trinajstić information content (AvgIpc) is 1.92. The first kappa shape index (κ1) is 11.5. The van der Waals surface area contributed by atoms with Crippen LogP contribution in [0.15, 0.2) is 0 Å². The Hall–Kier alpha value is -0.610. The number of likely N-dealkylation sites (N-methyl/N-ethyl adjacent to an activating group) is 1. The van der Waals surface area contributed by atoms with Gasteiger partial charge in [0.2, 0.25) is 0 Å². The van der Waals surface area contributed by atoms with Gasteiger partial charge < -0.3 is 15.2 Å². The molecular weight excluding hydrogens is 182 g/mol. The number of carboxylic acids is 1. The summed E-state index contributed by atoms with van der Waals surface area (Å²) in [7, 11) is 1.69. The molecule has 1 aliphatic heterocycles. The van der Waals surface area contributed by atoms with Crippen LogP contribution in [-0.2, 0) is 9.53 Å². The summed E-state index contributed by atoms with van der Waals surface area (Å²) in [6, 6.07) is -0.531. The lowest BCUT2D eigenvalue weighted by Gasteiger charge is -2.53. The van der Waals surface area contributed by atoms with Gasteiger partial charge in [0.1, 0.15) is 6.04 Å². The van der Waals surface area contributed by atoms with E-state index in [1.165, 1.54) is 0 Å². The minimum atomic E-state index is -0.800. The van der Waals surface area contributed by atoms with Crippen molar-refractivity contribution in [1.29, 1.82) is 0 Å². The maximum Gasteiger partial charge on any atom is 0.321 e. The van der Waals surface area contributed by atoms with Crippen molar-refractivity contribution in [2.45, 2.75) is 26.8 Å². The van der Waals surface area contributed by atoms with Crippen molar-refractivity contribution < 1.29 is 14.6 Å². The van der Waals surface area contributed by atoms with E-state index in [-0.39, 0.29) is 10.8 Å². The van der Waals surface area contributed by atoms with Crippen LogP contribution in [0.3, 0.4) is 0 Å². The fourth-order valence-corrected chi connectivity index (χ4v) is 1.99. The lowest BCUT2D eigenvalue weighted by atomic mass is 9.61. The van der Waals surface area contributed by atoms with E-state index in [2.05, 4.69) is 26.1 Å². The van der Waals surface area contributed by atoms with E-state index in [0.29, 0.717) is 13.2 Å². The second-order valence-electron chi connectivity index (χ2n) is 4.96. The van der Waals surface area contributed by atoms with Crippen LogP contribution in [0.25, 0.3) is 0 Å². The average molecular weight is 201 g/mol. The van der Waals surface area contributed by atoms with E-state index < -0.39 is 12.0 Å². The topological polar surface area (TPSA) is 58.6 Å². The van der Waals surface area contributed by atoms with Gasteiger partial charge in [-0.15, -0.1) is 0 Å². The smallest absolute Gasteiger partial charge is 0.321 e. The molecule has 4 heteroatoms. The lowest BCUT2D eigenvalue weighted by molar-refractivity contribution is -0.198. The summed E-state index contributed by atoms with van der Waals surface area (Å²) in [5.41, 5.74) is -0.356. The third-order valence-electron chi connectivity index (χ3n) is 3.30. The van der Waals surface area contributed by atoms with Crippen molar-refractivity contribution in [1.82, 2.24) is 5.32 Å². The molecule has 1 fully saturated rings. The van der Waals surface area contributed by atoms with E-state index in [0.717, 1.165) is 0 Å². The van der Waals surface area contributed by atoms with Crippen LogP contribution in [0.4, 0.5) is 0 Å². The Morgan fingerprint density at radius 2 is 2.00 bits per heavy atom. The normalized spacial score (nSPS) is 22.6. The van der Waals surface area contributed by atoms with Crippen molar-refractivity contribution in [2.75, 3.05) is 20.3 Å². The van der Waals surface area contributed by atoms with Crippen LogP contribution in [0.1, 0.15) is 20.8 Å². The minimum Gasteiger partial charge on any atom is -0.480 e. The first-order valence-corrected chi connectivity index (χ1v) is 4.83. The van der Waals surface area contributed by atoms with Gasteiger partial charge >= 0.3 is 5.97 Å². The number of aliphatic carboxylic acids is 1. The minimum absolute atomic E-state index is 0.0721. The van der Waals surface area contributed by atoms with Gasteiger partial charge in [0.05, 0.1) is 13.2 Å². The molecular formula is C10H19NO3. The summed E-state index contributed by atoms with van der Waals surface area (Å²) in [5.74, 6) is -0.800. The third-order valence-corrected chi connectivity index (χ3v) is 3.30. The Labute approximate surface area is 84.6 Å². The number of carboxylic acid groups (broad SMARTS) is 1. The molecule has 0 saturated carbocycles. The monoisotopic (exact) mass is 201 g/mol. The number of ether oxygens (including phenoxy) is 1. The van der Waals surface area contributed by atoms with Crippen LogP contribution in [0.5, 0.6) is 0 Å². The number of hydrogen-bond donors (Lipinski definition) is 2. The predicted molar refractivity (Wildman–Crippen MR) is 53.2 cm³/mol. The van der Waals surface area contributed by atoms with Crippen LogP contribution < -0.4 is 5.32 Å². The van der Waals surface area contributed by atoms with Gasteiger partial charge in [-0.2, -0.15) is 0 Å². The van der Waals surface area contributed by atoms with Crippen molar-refractivity contribution in [3.63, 3.8) is 0 Å². The van der Waals surface area contributed by atoms with Crippen molar-refractivity contribution in [3.05, 3.63) is 0 Å². The Bertz CT molecular complexity index is 228. The number of hydrogen-bond acceptors (Lipinski definition) is 3. The molecule has 1 aliphatic rings. The molecule has 1 atom stereocenters. The van der Waals surface area contributed by atoms with E-state index in [1.807, 2.05) is 0 Å². The Balaban J connectivity index is 2.94. The van der Waals surface area contributed by atoms with Crippen LogP contribution in [0, 0.1) is 10.8 Å². The highest BCUT2D eigenvalue weighted by atomic mass is 16.5. The molecule has 1 saturated heterocycles. The highest BCUT2D eigenvalue weighted by Gasteiger charge is 2.55. The molecule has 0 radical (unpaired) electrons. The zero-order valence-electron chi connectivity index (χ0n) is 9.26. The van der Waals surface area contributed by atoms with Gasteiger partial charge in [-0.05, 0) is 12.5 Å². The third kappa shape index (κ3) is 1.53. The molecule has 0 aromatic carbocycles. The van der Waals surface area contributed by atoms with Crippen LogP contribution in [0.2, 0.25) is 0 Å². The number of carbonyl (C=O) groups is 1. The highest BCUT2D eigenvalue weighted by Crippen LogP contribution is 2.47. The molecule has 1 rings (SSSR count). The molecule has 0 aliphatic carbocycles. The standard InChI is InChI=1S/C10H19NO3/c1-9(2,3)10(5-14-6-10)7(11-4)8(12)13/h7,11H,5-6H2,1-4H3,(H,12,13). The molecule has 82 valence electrons. The molecule has 0 aromatic rings. The Kier molecular flexibility index (Phi) is 2.88. The van der Waals surface area contributed by atoms with Gasteiger partial charge in [0, 0.05) is 5.41 Å². The van der Waals surface area contributed by atoms with Crippen molar-refractivity contribution >= 4 is 5.97 Å². The maximum absolute atomic E-state index is 11.1. The van der Waals surface area contributed by atoms with Gasteiger partial charge in [0.25, 0.3) is 0 Å². The Morgan fingerprint density at radius 3 is 2.07 bits per heavy atom. The summed E-state index contributed by atoms with van der Waals surface area (Å²) in [4.78, 5) is 11.1.